The first-order valence-electron chi connectivity index (χ1n) is 15.9. The molecule has 0 spiro atoms. The minimum atomic E-state index is -1.45. The van der Waals surface area contributed by atoms with Crippen LogP contribution in [0.25, 0.3) is 0 Å². The number of rotatable bonds is 13. The van der Waals surface area contributed by atoms with Gasteiger partial charge in [0.2, 0.25) is 11.8 Å². The Morgan fingerprint density at radius 3 is 1.75 bits per heavy atom. The number of ether oxygens (including phenoxy) is 4. The lowest BCUT2D eigenvalue weighted by Crippen LogP contribution is -2.56. The molecule has 12 heteroatoms. The molecule has 2 rings (SSSR count). The average molecular weight is 670 g/mol. The highest BCUT2D eigenvalue weighted by Gasteiger charge is 2.33. The van der Waals surface area contributed by atoms with Crippen molar-refractivity contribution in [2.24, 2.45) is 0 Å². The second kappa shape index (κ2) is 17.0. The summed E-state index contributed by atoms with van der Waals surface area (Å²) in [5.74, 6) is -2.41. The molecule has 0 unspecified atom stereocenters. The van der Waals surface area contributed by atoms with Gasteiger partial charge in [-0.15, -0.1) is 0 Å². The monoisotopic (exact) mass is 669 g/mol. The van der Waals surface area contributed by atoms with Crippen molar-refractivity contribution < 1.29 is 42.9 Å². The lowest BCUT2D eigenvalue weighted by molar-refractivity contribution is -0.159. The first kappa shape index (κ1) is 39.6. The maximum atomic E-state index is 13.7. The smallest absolute Gasteiger partial charge is 0.408 e. The Morgan fingerprint density at radius 1 is 0.646 bits per heavy atom. The molecular weight excluding hydrogens is 618 g/mol. The molecule has 0 saturated carbocycles. The fraction of sp³-hybridized carbons (Fsp3) is 0.528. The zero-order chi connectivity index (χ0) is 36.3. The van der Waals surface area contributed by atoms with Crippen LogP contribution in [0.1, 0.15) is 86.8 Å². The highest BCUT2D eigenvalue weighted by Crippen LogP contribution is 2.20. The molecule has 12 nitrogen and oxygen atoms in total. The van der Waals surface area contributed by atoms with Gasteiger partial charge in [-0.2, -0.15) is 0 Å². The third kappa shape index (κ3) is 15.8. The molecule has 48 heavy (non-hydrogen) atoms. The van der Waals surface area contributed by atoms with Crippen molar-refractivity contribution in [3.8, 4) is 5.75 Å². The van der Waals surface area contributed by atoms with Gasteiger partial charge < -0.3 is 34.9 Å². The summed E-state index contributed by atoms with van der Waals surface area (Å²) in [7, 11) is 0. The van der Waals surface area contributed by atoms with Crippen molar-refractivity contribution in [3.05, 3.63) is 65.7 Å². The molecule has 0 radical (unpaired) electrons. The molecule has 0 bridgehead atoms. The molecule has 3 atom stereocenters. The minimum Gasteiger partial charge on any atom is -0.488 e. The number of nitrogens with one attached hydrogen (secondary N) is 3. The summed E-state index contributed by atoms with van der Waals surface area (Å²) in [6.07, 6.45) is -1.34. The minimum absolute atomic E-state index is 0.0108. The molecule has 2 aromatic rings. The maximum absolute atomic E-state index is 13.7. The van der Waals surface area contributed by atoms with E-state index < -0.39 is 71.2 Å². The van der Waals surface area contributed by atoms with E-state index in [-0.39, 0.29) is 13.0 Å². The molecule has 3 N–H and O–H groups in total. The van der Waals surface area contributed by atoms with Crippen molar-refractivity contribution in [1.82, 2.24) is 16.0 Å². The van der Waals surface area contributed by atoms with Gasteiger partial charge in [-0.05, 0) is 92.5 Å². The quantitative estimate of drug-likeness (QED) is 0.202. The lowest BCUT2D eigenvalue weighted by Gasteiger charge is -2.27. The maximum Gasteiger partial charge on any atom is 0.408 e. The van der Waals surface area contributed by atoms with Gasteiger partial charge in [0.1, 0.15) is 47.3 Å². The number of alkyl carbamates (subject to hydrolysis) is 1. The largest absolute Gasteiger partial charge is 0.488 e. The number of hydrogen-bond donors (Lipinski definition) is 3. The highest BCUT2D eigenvalue weighted by atomic mass is 16.6. The molecule has 0 aliphatic carbocycles. The van der Waals surface area contributed by atoms with E-state index in [1.807, 2.05) is 26.8 Å². The van der Waals surface area contributed by atoms with Crippen LogP contribution in [-0.2, 0) is 46.4 Å². The standard InChI is InChI=1S/C36H51N3O9/c1-23(37-33(44)45-22-25-14-12-11-13-15-25)30(41)38-27(21-29(40)47-35(5,6)7)31(42)39-28(32(43)48-36(8,9)10)20-24-16-18-26(19-17-24)46-34(2,3)4/h11-19,23,27-28H,20-22H2,1-10H3,(H,37,44)(H,38,41)(H,39,42)/t23-,27-,28-/m0/s1. The normalized spacial score (nSPS) is 13.6. The van der Waals surface area contributed by atoms with Crippen LogP contribution in [0.15, 0.2) is 54.6 Å². The summed E-state index contributed by atoms with van der Waals surface area (Å²) in [5.41, 5.74) is -0.663. The number of hydrogen-bond acceptors (Lipinski definition) is 9. The first-order valence-corrected chi connectivity index (χ1v) is 15.9. The van der Waals surface area contributed by atoms with E-state index in [4.69, 9.17) is 18.9 Å². The Labute approximate surface area is 283 Å². The van der Waals surface area contributed by atoms with Gasteiger partial charge in [-0.1, -0.05) is 42.5 Å². The average Bonchev–Trinajstić information content (AvgIpc) is 2.94. The topological polar surface area (TPSA) is 158 Å². The van der Waals surface area contributed by atoms with Gasteiger partial charge in [0.15, 0.2) is 0 Å². The predicted octanol–water partition coefficient (Wildman–Crippen LogP) is 4.76. The van der Waals surface area contributed by atoms with Crippen LogP contribution in [0.4, 0.5) is 4.79 Å². The molecule has 3 amide bonds. The number of amides is 3. The van der Waals surface area contributed by atoms with Crippen molar-refractivity contribution in [2.75, 3.05) is 0 Å². The fourth-order valence-electron chi connectivity index (χ4n) is 4.18. The van der Waals surface area contributed by atoms with Crippen molar-refractivity contribution in [1.29, 1.82) is 0 Å². The van der Waals surface area contributed by atoms with Crippen LogP contribution < -0.4 is 20.7 Å². The van der Waals surface area contributed by atoms with Crippen molar-refractivity contribution in [2.45, 2.75) is 124 Å². The molecule has 0 aliphatic rings. The summed E-state index contributed by atoms with van der Waals surface area (Å²) in [6.45, 7) is 17.3. The van der Waals surface area contributed by atoms with E-state index in [0.29, 0.717) is 11.3 Å². The van der Waals surface area contributed by atoms with E-state index in [0.717, 1.165) is 5.56 Å². The number of benzene rings is 2. The van der Waals surface area contributed by atoms with Crippen molar-refractivity contribution in [3.63, 3.8) is 0 Å². The van der Waals surface area contributed by atoms with E-state index >= 15 is 0 Å². The zero-order valence-corrected chi connectivity index (χ0v) is 29.7. The molecule has 264 valence electrons. The third-order valence-electron chi connectivity index (χ3n) is 6.16. The number of carbonyl (C=O) groups excluding carboxylic acids is 5. The lowest BCUT2D eigenvalue weighted by atomic mass is 10.0. The van der Waals surface area contributed by atoms with Crippen LogP contribution in [0, 0.1) is 0 Å². The van der Waals surface area contributed by atoms with Gasteiger partial charge >= 0.3 is 18.0 Å². The second-order valence-electron chi connectivity index (χ2n) is 14.4. The van der Waals surface area contributed by atoms with E-state index in [2.05, 4.69) is 16.0 Å². The molecular formula is C36H51N3O9. The molecule has 2 aromatic carbocycles. The van der Waals surface area contributed by atoms with Gasteiger partial charge in [-0.3, -0.25) is 14.4 Å². The molecule has 0 saturated heterocycles. The van der Waals surface area contributed by atoms with Crippen LogP contribution in [0.5, 0.6) is 5.75 Å². The number of carbonyl (C=O) groups is 5. The molecule has 0 aromatic heterocycles. The van der Waals surface area contributed by atoms with Crippen LogP contribution in [0.3, 0.4) is 0 Å². The molecule has 0 aliphatic heterocycles. The van der Waals surface area contributed by atoms with Crippen LogP contribution in [-0.4, -0.2) is 64.8 Å². The van der Waals surface area contributed by atoms with E-state index in [1.165, 1.54) is 6.92 Å². The van der Waals surface area contributed by atoms with E-state index in [1.54, 1.807) is 90.1 Å². The van der Waals surface area contributed by atoms with Crippen molar-refractivity contribution >= 4 is 29.8 Å². The molecule has 0 fully saturated rings. The second-order valence-corrected chi connectivity index (χ2v) is 14.4. The molecule has 0 heterocycles. The Bertz CT molecular complexity index is 1390. The SMILES string of the molecule is C[C@H](NC(=O)OCc1ccccc1)C(=O)N[C@@H](CC(=O)OC(C)(C)C)C(=O)N[C@@H](Cc1ccc(OC(C)(C)C)cc1)C(=O)OC(C)(C)C. The summed E-state index contributed by atoms with van der Waals surface area (Å²) in [6, 6.07) is 12.3. The van der Waals surface area contributed by atoms with Crippen LogP contribution in [0.2, 0.25) is 0 Å². The van der Waals surface area contributed by atoms with E-state index in [9.17, 15) is 24.0 Å². The van der Waals surface area contributed by atoms with Crippen LogP contribution >= 0.6 is 0 Å². The third-order valence-corrected chi connectivity index (χ3v) is 6.16. The van der Waals surface area contributed by atoms with Gasteiger partial charge in [-0.25, -0.2) is 9.59 Å². The highest BCUT2D eigenvalue weighted by molar-refractivity contribution is 5.95. The first-order chi connectivity index (χ1) is 22.1. The Hall–Kier alpha value is -4.61. The Morgan fingerprint density at radius 2 is 1.21 bits per heavy atom. The summed E-state index contributed by atoms with van der Waals surface area (Å²) in [5, 5.41) is 7.58. The Kier molecular flexibility index (Phi) is 14.0. The zero-order valence-electron chi connectivity index (χ0n) is 29.7. The van der Waals surface area contributed by atoms with Gasteiger partial charge in [0, 0.05) is 6.42 Å². The van der Waals surface area contributed by atoms with Gasteiger partial charge in [0.25, 0.3) is 0 Å². The summed E-state index contributed by atoms with van der Waals surface area (Å²) in [4.78, 5) is 65.3. The fourth-order valence-corrected chi connectivity index (χ4v) is 4.18. The number of esters is 2. The summed E-state index contributed by atoms with van der Waals surface area (Å²) < 4.78 is 22.0. The summed E-state index contributed by atoms with van der Waals surface area (Å²) >= 11 is 0. The predicted molar refractivity (Wildman–Crippen MR) is 180 cm³/mol. The Balaban J connectivity index is 2.23. The van der Waals surface area contributed by atoms with Gasteiger partial charge in [0.05, 0.1) is 6.42 Å².